The number of urea groups is 1. The minimum Gasteiger partial charge on any atom is -0.379 e. The average molecular weight is 270 g/mol. The van der Waals surface area contributed by atoms with Crippen LogP contribution >= 0.6 is 11.6 Å². The van der Waals surface area contributed by atoms with Crippen molar-refractivity contribution in [3.8, 4) is 0 Å². The maximum atomic E-state index is 11.8. The van der Waals surface area contributed by atoms with Gasteiger partial charge in [0, 0.05) is 12.8 Å². The van der Waals surface area contributed by atoms with Gasteiger partial charge in [-0.05, 0) is 25.8 Å². The van der Waals surface area contributed by atoms with Gasteiger partial charge < -0.3 is 15.4 Å². The molecule has 5 nitrogen and oxygen atoms in total. The normalized spacial score (nSPS) is 23.4. The van der Waals surface area contributed by atoms with E-state index in [4.69, 9.17) is 16.3 Å². The molecule has 1 aliphatic heterocycles. The summed E-state index contributed by atoms with van der Waals surface area (Å²) in [5.74, 6) is 0. The summed E-state index contributed by atoms with van der Waals surface area (Å²) < 4.78 is 5.38. The Bertz CT molecular complexity index is 433. The lowest BCUT2D eigenvalue weighted by atomic mass is 9.95. The second-order valence-corrected chi connectivity index (χ2v) is 5.12. The van der Waals surface area contributed by atoms with Crippen molar-refractivity contribution in [3.63, 3.8) is 0 Å². The maximum Gasteiger partial charge on any atom is 0.319 e. The molecule has 1 aromatic rings. The number of nitrogens with one attached hydrogen (secondary N) is 2. The molecule has 1 unspecified atom stereocenters. The standard InChI is InChI=1S/C12H16ClN3O2/c1-12(3-2-4-18-8-12)16-11(17)15-10-5-9(13)6-14-7-10/h5-7H,2-4,8H2,1H3,(H2,15,16,17). The molecule has 18 heavy (non-hydrogen) atoms. The zero-order valence-corrected chi connectivity index (χ0v) is 11.0. The van der Waals surface area contributed by atoms with E-state index >= 15 is 0 Å². The molecule has 1 saturated heterocycles. The Balaban J connectivity index is 1.92. The Hall–Kier alpha value is -1.33. The third-order valence-corrected chi connectivity index (χ3v) is 3.02. The molecule has 0 aliphatic carbocycles. The number of halogens is 1. The lowest BCUT2D eigenvalue weighted by molar-refractivity contribution is 0.0342. The van der Waals surface area contributed by atoms with Crippen LogP contribution in [-0.4, -0.2) is 29.8 Å². The Kier molecular flexibility index (Phi) is 4.04. The first-order chi connectivity index (χ1) is 8.57. The van der Waals surface area contributed by atoms with Gasteiger partial charge in [-0.25, -0.2) is 4.79 Å². The van der Waals surface area contributed by atoms with Crippen molar-refractivity contribution in [3.05, 3.63) is 23.5 Å². The summed E-state index contributed by atoms with van der Waals surface area (Å²) in [5, 5.41) is 6.11. The molecule has 2 amide bonds. The zero-order valence-electron chi connectivity index (χ0n) is 10.2. The molecule has 2 rings (SSSR count). The first kappa shape index (κ1) is 13.1. The van der Waals surface area contributed by atoms with E-state index in [1.807, 2.05) is 6.92 Å². The van der Waals surface area contributed by atoms with E-state index in [-0.39, 0.29) is 11.6 Å². The first-order valence-corrected chi connectivity index (χ1v) is 6.23. The van der Waals surface area contributed by atoms with Gasteiger partial charge in [0.15, 0.2) is 0 Å². The average Bonchev–Trinajstić information content (AvgIpc) is 2.28. The fraction of sp³-hybridized carbons (Fsp3) is 0.500. The van der Waals surface area contributed by atoms with Crippen LogP contribution in [0.5, 0.6) is 0 Å². The number of aromatic nitrogens is 1. The predicted molar refractivity (Wildman–Crippen MR) is 69.9 cm³/mol. The Morgan fingerprint density at radius 1 is 1.56 bits per heavy atom. The molecule has 2 heterocycles. The van der Waals surface area contributed by atoms with E-state index < -0.39 is 0 Å². The number of hydrogen-bond acceptors (Lipinski definition) is 3. The van der Waals surface area contributed by atoms with Crippen LogP contribution in [0.25, 0.3) is 0 Å². The van der Waals surface area contributed by atoms with Crippen LogP contribution in [0.4, 0.5) is 10.5 Å². The fourth-order valence-corrected chi connectivity index (χ4v) is 2.12. The van der Waals surface area contributed by atoms with Gasteiger partial charge in [-0.1, -0.05) is 11.6 Å². The van der Waals surface area contributed by atoms with Crippen molar-refractivity contribution >= 4 is 23.3 Å². The highest BCUT2D eigenvalue weighted by Crippen LogP contribution is 2.19. The number of pyridine rings is 1. The third-order valence-electron chi connectivity index (χ3n) is 2.82. The van der Waals surface area contributed by atoms with Crippen LogP contribution in [0, 0.1) is 0 Å². The second kappa shape index (κ2) is 5.54. The first-order valence-electron chi connectivity index (χ1n) is 5.85. The number of rotatable bonds is 2. The largest absolute Gasteiger partial charge is 0.379 e. The van der Waals surface area contributed by atoms with Crippen molar-refractivity contribution < 1.29 is 9.53 Å². The van der Waals surface area contributed by atoms with E-state index in [9.17, 15) is 4.79 Å². The number of amides is 2. The number of carbonyl (C=O) groups excluding carboxylic acids is 1. The lowest BCUT2D eigenvalue weighted by Crippen LogP contribution is -2.52. The van der Waals surface area contributed by atoms with Crippen molar-refractivity contribution in [1.29, 1.82) is 0 Å². The van der Waals surface area contributed by atoms with E-state index in [1.165, 1.54) is 6.20 Å². The minimum absolute atomic E-state index is 0.271. The zero-order chi connectivity index (χ0) is 13.0. The van der Waals surface area contributed by atoms with Crippen LogP contribution in [-0.2, 0) is 4.74 Å². The topological polar surface area (TPSA) is 63.2 Å². The molecule has 98 valence electrons. The Morgan fingerprint density at radius 2 is 2.39 bits per heavy atom. The van der Waals surface area contributed by atoms with E-state index in [0.717, 1.165) is 19.4 Å². The van der Waals surface area contributed by atoms with Crippen molar-refractivity contribution in [2.45, 2.75) is 25.3 Å². The third kappa shape index (κ3) is 3.58. The monoisotopic (exact) mass is 269 g/mol. The molecule has 1 aromatic heterocycles. The number of nitrogens with zero attached hydrogens (tertiary/aromatic N) is 1. The smallest absolute Gasteiger partial charge is 0.319 e. The summed E-state index contributed by atoms with van der Waals surface area (Å²) in [4.78, 5) is 15.8. The highest BCUT2D eigenvalue weighted by molar-refractivity contribution is 6.30. The molecule has 0 bridgehead atoms. The Morgan fingerprint density at radius 3 is 3.06 bits per heavy atom. The summed E-state index contributed by atoms with van der Waals surface area (Å²) >= 11 is 5.79. The molecule has 1 atom stereocenters. The molecule has 1 fully saturated rings. The van der Waals surface area contributed by atoms with Crippen molar-refractivity contribution in [2.24, 2.45) is 0 Å². The molecule has 6 heteroatoms. The predicted octanol–water partition coefficient (Wildman–Crippen LogP) is 2.43. The van der Waals surface area contributed by atoms with Gasteiger partial charge in [-0.3, -0.25) is 4.98 Å². The molecular formula is C12H16ClN3O2. The van der Waals surface area contributed by atoms with Gasteiger partial charge >= 0.3 is 6.03 Å². The molecule has 0 radical (unpaired) electrons. The van der Waals surface area contributed by atoms with E-state index in [2.05, 4.69) is 15.6 Å². The number of anilines is 1. The highest BCUT2D eigenvalue weighted by atomic mass is 35.5. The summed E-state index contributed by atoms with van der Waals surface area (Å²) in [5.41, 5.74) is 0.259. The summed E-state index contributed by atoms with van der Waals surface area (Å²) in [6.45, 7) is 3.27. The van der Waals surface area contributed by atoms with Crippen LogP contribution in [0.3, 0.4) is 0 Å². The summed E-state index contributed by atoms with van der Waals surface area (Å²) in [7, 11) is 0. The summed E-state index contributed by atoms with van der Waals surface area (Å²) in [6, 6.07) is 1.38. The van der Waals surface area contributed by atoms with Gasteiger partial charge in [-0.15, -0.1) is 0 Å². The molecule has 0 saturated carbocycles. The summed E-state index contributed by atoms with van der Waals surface area (Å²) in [6.07, 6.45) is 4.93. The van der Waals surface area contributed by atoms with E-state index in [1.54, 1.807) is 12.3 Å². The lowest BCUT2D eigenvalue weighted by Gasteiger charge is -2.34. The van der Waals surface area contributed by atoms with Gasteiger partial charge in [0.2, 0.25) is 0 Å². The highest BCUT2D eigenvalue weighted by Gasteiger charge is 2.29. The van der Waals surface area contributed by atoms with Gasteiger partial charge in [-0.2, -0.15) is 0 Å². The maximum absolute atomic E-state index is 11.8. The number of carbonyl (C=O) groups is 1. The Labute approximate surface area is 111 Å². The molecule has 0 spiro atoms. The van der Waals surface area contributed by atoms with E-state index in [0.29, 0.717) is 17.3 Å². The quantitative estimate of drug-likeness (QED) is 0.867. The second-order valence-electron chi connectivity index (χ2n) is 4.69. The van der Waals surface area contributed by atoms with Gasteiger partial charge in [0.05, 0.1) is 29.1 Å². The van der Waals surface area contributed by atoms with Crippen LogP contribution < -0.4 is 10.6 Å². The van der Waals surface area contributed by atoms with Crippen LogP contribution in [0.1, 0.15) is 19.8 Å². The SMILES string of the molecule is CC1(NC(=O)Nc2cncc(Cl)c2)CCCOC1. The molecular weight excluding hydrogens is 254 g/mol. The van der Waals surface area contributed by atoms with Crippen LogP contribution in [0.2, 0.25) is 5.02 Å². The molecule has 1 aliphatic rings. The van der Waals surface area contributed by atoms with Gasteiger partial charge in [0.1, 0.15) is 0 Å². The molecule has 2 N–H and O–H groups in total. The minimum atomic E-state index is -0.311. The van der Waals surface area contributed by atoms with Crippen LogP contribution in [0.15, 0.2) is 18.5 Å². The van der Waals surface area contributed by atoms with Gasteiger partial charge in [0.25, 0.3) is 0 Å². The van der Waals surface area contributed by atoms with Crippen molar-refractivity contribution in [1.82, 2.24) is 10.3 Å². The number of hydrogen-bond donors (Lipinski definition) is 2. The van der Waals surface area contributed by atoms with Crippen molar-refractivity contribution in [2.75, 3.05) is 18.5 Å². The number of ether oxygens (including phenoxy) is 1. The fourth-order valence-electron chi connectivity index (χ4n) is 1.95. The molecule has 0 aromatic carbocycles.